The molecule has 0 bridgehead atoms. The molecular weight excluding hydrogens is 310 g/mol. The van der Waals surface area contributed by atoms with Gasteiger partial charge >= 0.3 is 6.03 Å². The predicted molar refractivity (Wildman–Crippen MR) is 93.1 cm³/mol. The summed E-state index contributed by atoms with van der Waals surface area (Å²) in [7, 11) is 1.70. The zero-order valence-corrected chi connectivity index (χ0v) is 14.7. The highest BCUT2D eigenvalue weighted by Crippen LogP contribution is 2.33. The van der Waals surface area contributed by atoms with Gasteiger partial charge in [0.25, 0.3) is 0 Å². The maximum absolute atomic E-state index is 12.4. The summed E-state index contributed by atoms with van der Waals surface area (Å²) >= 11 is 1.65. The normalized spacial score (nSPS) is 20.9. The topological polar surface area (TPSA) is 54.5 Å². The first-order valence-corrected chi connectivity index (χ1v) is 9.22. The van der Waals surface area contributed by atoms with Crippen molar-refractivity contribution in [3.8, 4) is 0 Å². The first kappa shape index (κ1) is 16.5. The molecule has 2 aliphatic rings. The third-order valence-electron chi connectivity index (χ3n) is 4.75. The summed E-state index contributed by atoms with van der Waals surface area (Å²) in [5.74, 6) is 0.776. The van der Waals surface area contributed by atoms with E-state index in [0.29, 0.717) is 13.2 Å². The molecule has 1 atom stereocenters. The molecule has 1 aromatic rings. The van der Waals surface area contributed by atoms with Crippen LogP contribution in [0.3, 0.4) is 0 Å². The molecule has 2 heterocycles. The van der Waals surface area contributed by atoms with E-state index in [0.717, 1.165) is 36.9 Å². The molecule has 0 radical (unpaired) electrons. The minimum atomic E-state index is -0.0455. The Balaban J connectivity index is 1.58. The number of nitrogens with one attached hydrogen (secondary N) is 1. The quantitative estimate of drug-likeness (QED) is 0.857. The van der Waals surface area contributed by atoms with Crippen molar-refractivity contribution in [2.75, 3.05) is 32.1 Å². The number of fused-ring (bicyclic) bond motifs is 1. The molecule has 1 aromatic heterocycles. The summed E-state index contributed by atoms with van der Waals surface area (Å²) in [6.07, 6.45) is 7.58. The second-order valence-electron chi connectivity index (χ2n) is 6.33. The Bertz CT molecular complexity index is 597. The van der Waals surface area contributed by atoms with Crippen molar-refractivity contribution in [3.05, 3.63) is 22.2 Å². The Kier molecular flexibility index (Phi) is 5.33. The molecule has 0 spiro atoms. The van der Waals surface area contributed by atoms with Crippen molar-refractivity contribution < 1.29 is 9.53 Å². The number of aromatic nitrogens is 1. The number of carbonyl (C=O) groups is 1. The molecule has 1 aliphatic heterocycles. The lowest BCUT2D eigenvalue weighted by Gasteiger charge is -2.26. The highest BCUT2D eigenvalue weighted by Gasteiger charge is 2.23. The first-order valence-electron chi connectivity index (χ1n) is 8.41. The monoisotopic (exact) mass is 335 g/mol. The Labute approximate surface area is 141 Å². The lowest BCUT2D eigenvalue weighted by Crippen LogP contribution is -2.38. The number of thiazole rings is 1. The van der Waals surface area contributed by atoms with E-state index in [4.69, 9.17) is 4.74 Å². The van der Waals surface area contributed by atoms with Crippen LogP contribution in [0, 0.1) is 5.92 Å². The number of carbonyl (C=O) groups excluding carboxylic acids is 1. The maximum Gasteiger partial charge on any atom is 0.323 e. The second kappa shape index (κ2) is 7.45. The number of hydrogen-bond donors (Lipinski definition) is 1. The minimum Gasteiger partial charge on any atom is -0.380 e. The molecular formula is C17H25N3O2S. The molecule has 0 saturated heterocycles. The van der Waals surface area contributed by atoms with Crippen LogP contribution in [-0.2, 0) is 17.6 Å². The number of methoxy groups -OCH3 is 1. The van der Waals surface area contributed by atoms with E-state index in [2.05, 4.69) is 23.3 Å². The van der Waals surface area contributed by atoms with Gasteiger partial charge in [0.2, 0.25) is 0 Å². The van der Waals surface area contributed by atoms with Crippen molar-refractivity contribution in [1.82, 2.24) is 9.88 Å². The van der Waals surface area contributed by atoms with Crippen LogP contribution < -0.4 is 5.32 Å². The largest absolute Gasteiger partial charge is 0.380 e. The fraction of sp³-hybridized carbons (Fsp3) is 0.647. The van der Waals surface area contributed by atoms with Gasteiger partial charge in [-0.3, -0.25) is 5.32 Å². The third kappa shape index (κ3) is 3.93. The van der Waals surface area contributed by atoms with E-state index < -0.39 is 0 Å². The maximum atomic E-state index is 12.4. The van der Waals surface area contributed by atoms with Crippen molar-refractivity contribution >= 4 is 22.5 Å². The van der Waals surface area contributed by atoms with Gasteiger partial charge in [-0.05, 0) is 37.2 Å². The number of nitrogens with zero attached hydrogens (tertiary/aromatic N) is 2. The molecule has 0 unspecified atom stereocenters. The van der Waals surface area contributed by atoms with Gasteiger partial charge in [0.05, 0.1) is 12.3 Å². The minimum absolute atomic E-state index is 0.0455. The van der Waals surface area contributed by atoms with E-state index in [-0.39, 0.29) is 6.03 Å². The highest BCUT2D eigenvalue weighted by atomic mass is 32.1. The Morgan fingerprint density at radius 1 is 1.52 bits per heavy atom. The summed E-state index contributed by atoms with van der Waals surface area (Å²) in [6, 6.07) is -0.0455. The smallest absolute Gasteiger partial charge is 0.323 e. The Hall–Kier alpha value is -1.40. The van der Waals surface area contributed by atoms with Gasteiger partial charge in [-0.15, -0.1) is 11.3 Å². The molecule has 0 fully saturated rings. The summed E-state index contributed by atoms with van der Waals surface area (Å²) < 4.78 is 5.14. The molecule has 6 heteroatoms. The summed E-state index contributed by atoms with van der Waals surface area (Å²) in [5.41, 5.74) is 2.46. The van der Waals surface area contributed by atoms with E-state index in [1.165, 1.54) is 29.0 Å². The molecule has 0 saturated carbocycles. The van der Waals surface area contributed by atoms with Gasteiger partial charge in [-0.1, -0.05) is 19.4 Å². The van der Waals surface area contributed by atoms with E-state index >= 15 is 0 Å². The average molecular weight is 335 g/mol. The number of amides is 2. The standard InChI is InChI=1S/C17H25N3O2S/c1-3-12-4-5-14-15(10-12)23-16(18-14)19-17(21)20-8-6-13(7-9-20)11-22-2/h6,12H,3-5,7-11H2,1-2H3,(H,18,19,21)/t12-/m0/s1. The number of rotatable bonds is 4. The van der Waals surface area contributed by atoms with Gasteiger partial charge in [-0.25, -0.2) is 9.78 Å². The summed E-state index contributed by atoms with van der Waals surface area (Å²) in [4.78, 5) is 20.2. The zero-order chi connectivity index (χ0) is 16.2. The van der Waals surface area contributed by atoms with Crippen LogP contribution in [0.4, 0.5) is 9.93 Å². The van der Waals surface area contributed by atoms with Crippen LogP contribution in [0.2, 0.25) is 0 Å². The molecule has 23 heavy (non-hydrogen) atoms. The van der Waals surface area contributed by atoms with E-state index in [1.807, 2.05) is 4.90 Å². The second-order valence-corrected chi connectivity index (χ2v) is 7.41. The van der Waals surface area contributed by atoms with Gasteiger partial charge in [-0.2, -0.15) is 0 Å². The van der Waals surface area contributed by atoms with Crippen molar-refractivity contribution in [2.24, 2.45) is 5.92 Å². The number of aryl methyl sites for hydroxylation is 1. The van der Waals surface area contributed by atoms with E-state index in [9.17, 15) is 4.79 Å². The van der Waals surface area contributed by atoms with Gasteiger partial charge in [0, 0.05) is 25.1 Å². The van der Waals surface area contributed by atoms with Crippen LogP contribution in [0.15, 0.2) is 11.6 Å². The number of ether oxygens (including phenoxy) is 1. The average Bonchev–Trinajstić information content (AvgIpc) is 2.96. The zero-order valence-electron chi connectivity index (χ0n) is 13.9. The first-order chi connectivity index (χ1) is 11.2. The summed E-state index contributed by atoms with van der Waals surface area (Å²) in [6.45, 7) is 4.30. The molecule has 5 nitrogen and oxygen atoms in total. The van der Waals surface area contributed by atoms with Crippen LogP contribution in [0.5, 0.6) is 0 Å². The molecule has 1 N–H and O–H groups in total. The highest BCUT2D eigenvalue weighted by molar-refractivity contribution is 7.15. The predicted octanol–water partition coefficient (Wildman–Crippen LogP) is 3.47. The van der Waals surface area contributed by atoms with E-state index in [1.54, 1.807) is 18.4 Å². The van der Waals surface area contributed by atoms with Crippen LogP contribution in [0.25, 0.3) is 0 Å². The fourth-order valence-electron chi connectivity index (χ4n) is 3.23. The van der Waals surface area contributed by atoms with Crippen LogP contribution >= 0.6 is 11.3 Å². The SMILES string of the molecule is CC[C@H]1CCc2nc(NC(=O)N3CC=C(COC)CC3)sc2C1. The van der Waals surface area contributed by atoms with Gasteiger partial charge in [0.1, 0.15) is 0 Å². The molecule has 1 aliphatic carbocycles. The van der Waals surface area contributed by atoms with Crippen LogP contribution in [0.1, 0.15) is 36.8 Å². The molecule has 3 rings (SSSR count). The Morgan fingerprint density at radius 3 is 3.09 bits per heavy atom. The molecule has 2 amide bonds. The van der Waals surface area contributed by atoms with Crippen molar-refractivity contribution in [1.29, 1.82) is 0 Å². The fourth-order valence-corrected chi connectivity index (χ4v) is 4.34. The summed E-state index contributed by atoms with van der Waals surface area (Å²) in [5, 5.41) is 3.74. The third-order valence-corrected chi connectivity index (χ3v) is 5.79. The number of urea groups is 1. The van der Waals surface area contributed by atoms with Crippen LogP contribution in [-0.4, -0.2) is 42.7 Å². The van der Waals surface area contributed by atoms with Crippen molar-refractivity contribution in [2.45, 2.75) is 39.0 Å². The van der Waals surface area contributed by atoms with Crippen molar-refractivity contribution in [3.63, 3.8) is 0 Å². The number of anilines is 1. The van der Waals surface area contributed by atoms with Gasteiger partial charge < -0.3 is 9.64 Å². The lowest BCUT2D eigenvalue weighted by molar-refractivity contribution is 0.203. The molecule has 0 aromatic carbocycles. The Morgan fingerprint density at radius 2 is 2.39 bits per heavy atom. The van der Waals surface area contributed by atoms with Gasteiger partial charge in [0.15, 0.2) is 5.13 Å². The lowest BCUT2D eigenvalue weighted by atomic mass is 9.89. The number of hydrogen-bond acceptors (Lipinski definition) is 4. The molecule has 126 valence electrons.